The Morgan fingerprint density at radius 2 is 1.50 bits per heavy atom. The van der Waals surface area contributed by atoms with Crippen LogP contribution in [0.4, 0.5) is 11.4 Å². The molecule has 5 rings (SSSR count). The predicted octanol–water partition coefficient (Wildman–Crippen LogP) is 5.63. The van der Waals surface area contributed by atoms with Gasteiger partial charge in [-0.3, -0.25) is 4.90 Å². The molecule has 3 aromatic carbocycles. The summed E-state index contributed by atoms with van der Waals surface area (Å²) in [6.07, 6.45) is 0.985. The normalized spacial score (nSPS) is 18.3. The van der Waals surface area contributed by atoms with Gasteiger partial charge < -0.3 is 19.3 Å². The van der Waals surface area contributed by atoms with Gasteiger partial charge in [0, 0.05) is 56.7 Å². The van der Waals surface area contributed by atoms with E-state index in [2.05, 4.69) is 89.2 Å². The number of hydrogen-bond acceptors (Lipinski definition) is 5. The standard InChI is InChI=1S/C31H39N3O2/c1-23(2)22-32-16-18-33(19-17-32)26-10-8-24(9-11-26)31-30-13-12-29(36-4)20-25(30)14-15-34(31)27-6-5-7-28(21-27)35-3/h5-13,20-21,23,31H,14-19,22H2,1-4H3. The number of piperazine rings is 1. The maximum atomic E-state index is 5.55. The molecule has 0 aliphatic carbocycles. The first-order chi connectivity index (χ1) is 17.6. The molecule has 36 heavy (non-hydrogen) atoms. The third-order valence-corrected chi connectivity index (χ3v) is 7.53. The van der Waals surface area contributed by atoms with E-state index in [0.717, 1.165) is 56.6 Å². The maximum absolute atomic E-state index is 5.55. The van der Waals surface area contributed by atoms with Gasteiger partial charge in [-0.05, 0) is 65.4 Å². The second-order valence-electron chi connectivity index (χ2n) is 10.4. The zero-order valence-electron chi connectivity index (χ0n) is 22.1. The quantitative estimate of drug-likeness (QED) is 0.432. The van der Waals surface area contributed by atoms with E-state index >= 15 is 0 Å². The number of fused-ring (bicyclic) bond motifs is 1. The average Bonchev–Trinajstić information content (AvgIpc) is 2.92. The molecule has 2 aliphatic rings. The van der Waals surface area contributed by atoms with Gasteiger partial charge >= 0.3 is 0 Å². The van der Waals surface area contributed by atoms with Gasteiger partial charge in [-0.2, -0.15) is 0 Å². The number of ether oxygens (including phenoxy) is 2. The van der Waals surface area contributed by atoms with Crippen LogP contribution in [0.1, 0.15) is 36.6 Å². The van der Waals surface area contributed by atoms with Crippen LogP contribution in [0.5, 0.6) is 11.5 Å². The average molecular weight is 486 g/mol. The van der Waals surface area contributed by atoms with Gasteiger partial charge in [-0.1, -0.05) is 38.1 Å². The highest BCUT2D eigenvalue weighted by Crippen LogP contribution is 2.40. The van der Waals surface area contributed by atoms with Crippen LogP contribution in [-0.2, 0) is 6.42 Å². The van der Waals surface area contributed by atoms with Crippen molar-refractivity contribution < 1.29 is 9.47 Å². The summed E-state index contributed by atoms with van der Waals surface area (Å²) < 4.78 is 11.1. The van der Waals surface area contributed by atoms with Crippen molar-refractivity contribution in [1.29, 1.82) is 0 Å². The van der Waals surface area contributed by atoms with E-state index < -0.39 is 0 Å². The van der Waals surface area contributed by atoms with Crippen molar-refractivity contribution in [3.05, 3.63) is 83.4 Å². The Bertz CT molecular complexity index is 1150. The molecular weight excluding hydrogens is 446 g/mol. The van der Waals surface area contributed by atoms with E-state index in [-0.39, 0.29) is 6.04 Å². The molecule has 0 amide bonds. The number of methoxy groups -OCH3 is 2. The molecular formula is C31H39N3O2. The van der Waals surface area contributed by atoms with Gasteiger partial charge in [-0.25, -0.2) is 0 Å². The Labute approximate surface area is 216 Å². The second kappa shape index (κ2) is 10.8. The van der Waals surface area contributed by atoms with Gasteiger partial charge in [0.1, 0.15) is 11.5 Å². The monoisotopic (exact) mass is 485 g/mol. The summed E-state index contributed by atoms with van der Waals surface area (Å²) in [5, 5.41) is 0. The topological polar surface area (TPSA) is 28.2 Å². The highest BCUT2D eigenvalue weighted by molar-refractivity contribution is 5.60. The number of rotatable bonds is 7. The van der Waals surface area contributed by atoms with Crippen molar-refractivity contribution in [1.82, 2.24) is 4.90 Å². The molecule has 1 fully saturated rings. The summed E-state index contributed by atoms with van der Waals surface area (Å²) in [5.41, 5.74) is 6.53. The van der Waals surface area contributed by atoms with Crippen molar-refractivity contribution in [3.8, 4) is 11.5 Å². The lowest BCUT2D eigenvalue weighted by atomic mass is 9.87. The van der Waals surface area contributed by atoms with Crippen LogP contribution >= 0.6 is 0 Å². The number of nitrogens with zero attached hydrogens (tertiary/aromatic N) is 3. The van der Waals surface area contributed by atoms with Crippen LogP contribution in [0.3, 0.4) is 0 Å². The van der Waals surface area contributed by atoms with Gasteiger partial charge in [-0.15, -0.1) is 0 Å². The first-order valence-corrected chi connectivity index (χ1v) is 13.2. The molecule has 0 saturated carbocycles. The summed E-state index contributed by atoms with van der Waals surface area (Å²) in [6, 6.07) is 24.4. The molecule has 1 unspecified atom stereocenters. The van der Waals surface area contributed by atoms with E-state index in [1.165, 1.54) is 34.6 Å². The smallest absolute Gasteiger partial charge is 0.120 e. The molecule has 2 heterocycles. The molecule has 5 nitrogen and oxygen atoms in total. The van der Waals surface area contributed by atoms with Crippen molar-refractivity contribution in [2.45, 2.75) is 26.3 Å². The minimum atomic E-state index is 0.142. The molecule has 190 valence electrons. The molecule has 0 radical (unpaired) electrons. The summed E-state index contributed by atoms with van der Waals surface area (Å²) in [5.74, 6) is 2.54. The summed E-state index contributed by atoms with van der Waals surface area (Å²) in [7, 11) is 3.47. The van der Waals surface area contributed by atoms with Gasteiger partial charge in [0.15, 0.2) is 0 Å². The van der Waals surface area contributed by atoms with Crippen molar-refractivity contribution in [2.24, 2.45) is 5.92 Å². The molecule has 0 N–H and O–H groups in total. The lowest BCUT2D eigenvalue weighted by Gasteiger charge is -2.40. The van der Waals surface area contributed by atoms with Gasteiger partial charge in [0.05, 0.1) is 20.3 Å². The van der Waals surface area contributed by atoms with Crippen LogP contribution in [0, 0.1) is 5.92 Å². The summed E-state index contributed by atoms with van der Waals surface area (Å²) in [4.78, 5) is 7.63. The Morgan fingerprint density at radius 3 is 2.19 bits per heavy atom. The fourth-order valence-electron chi connectivity index (χ4n) is 5.73. The van der Waals surface area contributed by atoms with Crippen LogP contribution in [-0.4, -0.2) is 58.4 Å². The minimum absolute atomic E-state index is 0.142. The molecule has 5 heteroatoms. The lowest BCUT2D eigenvalue weighted by Crippen LogP contribution is -2.47. The fraction of sp³-hybridized carbons (Fsp3) is 0.419. The molecule has 1 atom stereocenters. The maximum Gasteiger partial charge on any atom is 0.120 e. The molecule has 2 aliphatic heterocycles. The Kier molecular flexibility index (Phi) is 7.38. The Morgan fingerprint density at radius 1 is 0.778 bits per heavy atom. The summed E-state index contributed by atoms with van der Waals surface area (Å²) >= 11 is 0. The predicted molar refractivity (Wildman–Crippen MR) is 149 cm³/mol. The zero-order chi connectivity index (χ0) is 25.1. The van der Waals surface area contributed by atoms with Crippen molar-refractivity contribution in [3.63, 3.8) is 0 Å². The van der Waals surface area contributed by atoms with Crippen LogP contribution in [0.2, 0.25) is 0 Å². The summed E-state index contributed by atoms with van der Waals surface area (Å²) in [6.45, 7) is 11.2. The largest absolute Gasteiger partial charge is 0.497 e. The van der Waals surface area contributed by atoms with E-state index in [1.807, 2.05) is 6.07 Å². The number of benzene rings is 3. The fourth-order valence-corrected chi connectivity index (χ4v) is 5.73. The first-order valence-electron chi connectivity index (χ1n) is 13.2. The molecule has 1 saturated heterocycles. The van der Waals surface area contributed by atoms with Crippen LogP contribution in [0.15, 0.2) is 66.7 Å². The first kappa shape index (κ1) is 24.5. The van der Waals surface area contributed by atoms with E-state index in [1.54, 1.807) is 14.2 Å². The molecule has 3 aromatic rings. The van der Waals surface area contributed by atoms with Crippen molar-refractivity contribution in [2.75, 3.05) is 63.3 Å². The van der Waals surface area contributed by atoms with Crippen LogP contribution in [0.25, 0.3) is 0 Å². The van der Waals surface area contributed by atoms with Gasteiger partial charge in [0.25, 0.3) is 0 Å². The molecule has 0 spiro atoms. The van der Waals surface area contributed by atoms with E-state index in [0.29, 0.717) is 0 Å². The minimum Gasteiger partial charge on any atom is -0.497 e. The third kappa shape index (κ3) is 5.17. The number of anilines is 2. The van der Waals surface area contributed by atoms with E-state index in [4.69, 9.17) is 9.47 Å². The zero-order valence-corrected chi connectivity index (χ0v) is 22.1. The van der Waals surface area contributed by atoms with Crippen LogP contribution < -0.4 is 19.3 Å². The molecule has 0 bridgehead atoms. The van der Waals surface area contributed by atoms with Crippen molar-refractivity contribution >= 4 is 11.4 Å². The van der Waals surface area contributed by atoms with E-state index in [9.17, 15) is 0 Å². The highest BCUT2D eigenvalue weighted by Gasteiger charge is 2.30. The lowest BCUT2D eigenvalue weighted by molar-refractivity contribution is 0.231. The number of hydrogen-bond donors (Lipinski definition) is 0. The third-order valence-electron chi connectivity index (χ3n) is 7.53. The Hall–Kier alpha value is -3.18. The Balaban J connectivity index is 1.43. The highest BCUT2D eigenvalue weighted by atomic mass is 16.5. The molecule has 0 aromatic heterocycles. The van der Waals surface area contributed by atoms with Gasteiger partial charge in [0.2, 0.25) is 0 Å². The second-order valence-corrected chi connectivity index (χ2v) is 10.4. The SMILES string of the molecule is COc1cccc(N2CCc3cc(OC)ccc3C2c2ccc(N3CCN(CC(C)C)CC3)cc2)c1.